The highest BCUT2D eigenvalue weighted by atomic mass is 19.4. The second-order valence-electron chi connectivity index (χ2n) is 7.90. The summed E-state index contributed by atoms with van der Waals surface area (Å²) in [6.07, 6.45) is -3.22. The Balaban J connectivity index is 1.75. The maximum absolute atomic E-state index is 13.0. The second kappa shape index (κ2) is 6.30. The molecule has 1 aromatic carbocycles. The molecule has 0 radical (unpaired) electrons. The summed E-state index contributed by atoms with van der Waals surface area (Å²) in [5.74, 6) is -0.523. The van der Waals surface area contributed by atoms with E-state index in [4.69, 9.17) is 0 Å². The molecule has 2 heterocycles. The minimum atomic E-state index is -4.40. The van der Waals surface area contributed by atoms with Gasteiger partial charge in [-0.15, -0.1) is 0 Å². The van der Waals surface area contributed by atoms with E-state index in [1.54, 1.807) is 11.9 Å². The summed E-state index contributed by atoms with van der Waals surface area (Å²) in [5.41, 5.74) is 0.116. The number of hydrogen-bond acceptors (Lipinski definition) is 5. The largest absolute Gasteiger partial charge is 0.416 e. The molecule has 1 fully saturated rings. The minimum Gasteiger partial charge on any atom is -0.390 e. The van der Waals surface area contributed by atoms with Crippen molar-refractivity contribution in [2.75, 3.05) is 6.61 Å². The molecule has 0 saturated heterocycles. The molecule has 150 valence electrons. The minimum absolute atomic E-state index is 0.184. The summed E-state index contributed by atoms with van der Waals surface area (Å²) in [4.78, 5) is 17.0. The number of nitrogens with one attached hydrogen (secondary N) is 1. The molecule has 6 nitrogen and oxygen atoms in total. The van der Waals surface area contributed by atoms with Crippen LogP contribution in [0.4, 0.5) is 13.2 Å². The number of alkyl halides is 3. The van der Waals surface area contributed by atoms with Crippen LogP contribution in [0.25, 0.3) is 0 Å². The van der Waals surface area contributed by atoms with E-state index < -0.39 is 23.8 Å². The van der Waals surface area contributed by atoms with Gasteiger partial charge < -0.3 is 10.4 Å². The van der Waals surface area contributed by atoms with Crippen LogP contribution in [0.5, 0.6) is 0 Å². The molecular formula is C19H21F3N4O2. The third kappa shape index (κ3) is 3.07. The third-order valence-electron chi connectivity index (χ3n) is 5.76. The number of halogens is 3. The van der Waals surface area contributed by atoms with Gasteiger partial charge in [0, 0.05) is 0 Å². The lowest BCUT2D eigenvalue weighted by molar-refractivity contribution is -0.137. The number of rotatable bonds is 4. The maximum Gasteiger partial charge on any atom is 0.416 e. The number of benzene rings is 1. The number of amidine groups is 1. The molecule has 1 saturated carbocycles. The van der Waals surface area contributed by atoms with E-state index in [9.17, 15) is 23.1 Å². The molecule has 1 aliphatic carbocycles. The predicted molar refractivity (Wildman–Crippen MR) is 96.4 cm³/mol. The molecule has 0 aromatic heterocycles. The standard InChI is InChI=1S/C19H21F3N4O2/c1-10-23-16-14(17(28)24-10)13(9-27)25-26(16)15(18(2)7-8-18)11-3-5-12(6-4-11)19(20,21)22/h3-6,14-16,27H,7-9H2,1-2H3,(H,23,24,28). The Bertz CT molecular complexity index is 859. The molecule has 2 aliphatic heterocycles. The third-order valence-corrected chi connectivity index (χ3v) is 5.76. The van der Waals surface area contributed by atoms with Crippen molar-refractivity contribution in [3.63, 3.8) is 0 Å². The zero-order chi connectivity index (χ0) is 20.3. The first-order valence-electron chi connectivity index (χ1n) is 9.13. The number of aliphatic imine (C=N–C) groups is 1. The Labute approximate surface area is 160 Å². The van der Waals surface area contributed by atoms with E-state index in [0.717, 1.165) is 25.0 Å². The van der Waals surface area contributed by atoms with E-state index in [1.165, 1.54) is 12.1 Å². The molecule has 4 rings (SSSR count). The second-order valence-corrected chi connectivity index (χ2v) is 7.90. The van der Waals surface area contributed by atoms with E-state index in [1.807, 2.05) is 0 Å². The Morgan fingerprint density at radius 1 is 1.32 bits per heavy atom. The summed E-state index contributed by atoms with van der Waals surface area (Å²) >= 11 is 0. The smallest absolute Gasteiger partial charge is 0.390 e. The highest BCUT2D eigenvalue weighted by Crippen LogP contribution is 2.58. The van der Waals surface area contributed by atoms with Crippen molar-refractivity contribution in [2.24, 2.45) is 21.4 Å². The van der Waals surface area contributed by atoms with Crippen LogP contribution < -0.4 is 5.32 Å². The molecule has 28 heavy (non-hydrogen) atoms. The summed E-state index contributed by atoms with van der Waals surface area (Å²) in [6, 6.07) is 4.74. The summed E-state index contributed by atoms with van der Waals surface area (Å²) in [5, 5.41) is 18.6. The van der Waals surface area contributed by atoms with Gasteiger partial charge in [-0.2, -0.15) is 18.3 Å². The average molecular weight is 394 g/mol. The number of nitrogens with zero attached hydrogens (tertiary/aromatic N) is 3. The van der Waals surface area contributed by atoms with Crippen molar-refractivity contribution in [3.05, 3.63) is 35.4 Å². The van der Waals surface area contributed by atoms with Crippen LogP contribution in [-0.2, 0) is 11.0 Å². The molecule has 1 amide bonds. The highest BCUT2D eigenvalue weighted by molar-refractivity contribution is 6.12. The van der Waals surface area contributed by atoms with Gasteiger partial charge in [0.2, 0.25) is 5.91 Å². The van der Waals surface area contributed by atoms with Gasteiger partial charge in [0.15, 0.2) is 6.17 Å². The van der Waals surface area contributed by atoms with Gasteiger partial charge in [0.05, 0.1) is 23.9 Å². The fourth-order valence-electron chi connectivity index (χ4n) is 4.04. The van der Waals surface area contributed by atoms with Crippen molar-refractivity contribution in [3.8, 4) is 0 Å². The normalized spacial score (nSPS) is 26.9. The molecule has 3 atom stereocenters. The van der Waals surface area contributed by atoms with Crippen molar-refractivity contribution in [2.45, 2.75) is 45.1 Å². The molecule has 0 spiro atoms. The zero-order valence-electron chi connectivity index (χ0n) is 15.5. The van der Waals surface area contributed by atoms with Gasteiger partial charge in [-0.3, -0.25) is 9.80 Å². The van der Waals surface area contributed by atoms with Crippen LogP contribution >= 0.6 is 0 Å². The number of hydrogen-bond donors (Lipinski definition) is 2. The molecule has 3 aliphatic rings. The number of aliphatic hydroxyl groups is 1. The highest BCUT2D eigenvalue weighted by Gasteiger charge is 2.54. The van der Waals surface area contributed by atoms with Gasteiger partial charge in [-0.1, -0.05) is 19.1 Å². The topological polar surface area (TPSA) is 77.3 Å². The maximum atomic E-state index is 13.0. The lowest BCUT2D eigenvalue weighted by atomic mass is 9.89. The Morgan fingerprint density at radius 3 is 2.50 bits per heavy atom. The van der Waals surface area contributed by atoms with Crippen LogP contribution in [0.1, 0.15) is 43.9 Å². The predicted octanol–water partition coefficient (Wildman–Crippen LogP) is 2.70. The Kier molecular flexibility index (Phi) is 4.26. The Morgan fingerprint density at radius 2 is 1.96 bits per heavy atom. The molecular weight excluding hydrogens is 373 g/mol. The van der Waals surface area contributed by atoms with Gasteiger partial charge in [-0.25, -0.2) is 4.99 Å². The summed E-state index contributed by atoms with van der Waals surface area (Å²) in [6.45, 7) is 3.35. The molecule has 3 unspecified atom stereocenters. The molecule has 0 bridgehead atoms. The fraction of sp³-hybridized carbons (Fsp3) is 0.526. The molecule has 2 N–H and O–H groups in total. The van der Waals surface area contributed by atoms with Crippen molar-refractivity contribution < 1.29 is 23.1 Å². The number of aliphatic hydroxyl groups excluding tert-OH is 1. The van der Waals surface area contributed by atoms with E-state index in [-0.39, 0.29) is 24.0 Å². The number of carbonyl (C=O) groups is 1. The number of carbonyl (C=O) groups excluding carboxylic acids is 1. The summed E-state index contributed by atoms with van der Waals surface area (Å²) in [7, 11) is 0. The molecule has 1 aromatic rings. The zero-order valence-corrected chi connectivity index (χ0v) is 15.5. The van der Waals surface area contributed by atoms with E-state index >= 15 is 0 Å². The van der Waals surface area contributed by atoms with Crippen LogP contribution in [0.3, 0.4) is 0 Å². The van der Waals surface area contributed by atoms with E-state index in [0.29, 0.717) is 17.1 Å². The van der Waals surface area contributed by atoms with Crippen LogP contribution in [0, 0.1) is 11.3 Å². The first-order chi connectivity index (χ1) is 13.1. The number of fused-ring (bicyclic) bond motifs is 1. The molecule has 9 heteroatoms. The quantitative estimate of drug-likeness (QED) is 0.824. The van der Waals surface area contributed by atoms with E-state index in [2.05, 4.69) is 22.3 Å². The number of hydrazone groups is 1. The van der Waals surface area contributed by atoms with Crippen molar-refractivity contribution >= 4 is 17.5 Å². The van der Waals surface area contributed by atoms with Gasteiger partial charge in [0.25, 0.3) is 0 Å². The first-order valence-corrected chi connectivity index (χ1v) is 9.13. The van der Waals surface area contributed by atoms with Crippen molar-refractivity contribution in [1.82, 2.24) is 10.3 Å². The fourth-order valence-corrected chi connectivity index (χ4v) is 4.04. The van der Waals surface area contributed by atoms with Crippen molar-refractivity contribution in [1.29, 1.82) is 0 Å². The average Bonchev–Trinajstić information content (AvgIpc) is 3.25. The van der Waals surface area contributed by atoms with Crippen LogP contribution in [-0.4, -0.2) is 40.3 Å². The lowest BCUT2D eigenvalue weighted by Crippen LogP contribution is -2.50. The van der Waals surface area contributed by atoms with Crippen LogP contribution in [0.2, 0.25) is 0 Å². The lowest BCUT2D eigenvalue weighted by Gasteiger charge is -2.37. The van der Waals surface area contributed by atoms with Gasteiger partial charge in [0.1, 0.15) is 11.8 Å². The monoisotopic (exact) mass is 394 g/mol. The summed E-state index contributed by atoms with van der Waals surface area (Å²) < 4.78 is 38.9. The van der Waals surface area contributed by atoms with Gasteiger partial charge in [-0.05, 0) is 42.9 Å². The first kappa shape index (κ1) is 18.9. The number of amides is 1. The van der Waals surface area contributed by atoms with Crippen LogP contribution in [0.15, 0.2) is 34.4 Å². The SMILES string of the molecule is CC1=NC2C(C(=O)N1)C(CO)=NN2C(c1ccc(C(F)(F)F)cc1)C1(C)CC1. The Hall–Kier alpha value is -2.42. The van der Waals surface area contributed by atoms with Gasteiger partial charge >= 0.3 is 6.18 Å².